The van der Waals surface area contributed by atoms with Crippen LogP contribution in [-0.2, 0) is 12.8 Å². The number of aromatic carboxylic acids is 1. The number of para-hydroxylation sites is 1. The number of amides is 1. The molecule has 6 nitrogen and oxygen atoms in total. The van der Waals surface area contributed by atoms with E-state index in [4.69, 9.17) is 4.42 Å². The van der Waals surface area contributed by atoms with Crippen molar-refractivity contribution in [2.24, 2.45) is 0 Å². The summed E-state index contributed by atoms with van der Waals surface area (Å²) >= 11 is 0. The van der Waals surface area contributed by atoms with Crippen molar-refractivity contribution in [2.75, 3.05) is 5.32 Å². The van der Waals surface area contributed by atoms with E-state index in [-0.39, 0.29) is 16.7 Å². The number of hydrogen-bond donors (Lipinski definition) is 2. The summed E-state index contributed by atoms with van der Waals surface area (Å²) in [5, 5.41) is 12.9. The molecule has 0 saturated heterocycles. The molecule has 2 aromatic heterocycles. The Morgan fingerprint density at radius 2 is 1.57 bits per heavy atom. The number of furan rings is 1. The lowest BCUT2D eigenvalue weighted by molar-refractivity contribution is 0.0696. The first-order valence-corrected chi connectivity index (χ1v) is 10.0. The van der Waals surface area contributed by atoms with Gasteiger partial charge < -0.3 is 14.8 Å². The molecule has 2 heterocycles. The Kier molecular flexibility index (Phi) is 6.06. The van der Waals surface area contributed by atoms with Crippen LogP contribution in [-0.4, -0.2) is 22.0 Å². The van der Waals surface area contributed by atoms with Crippen LogP contribution in [0.5, 0.6) is 0 Å². The van der Waals surface area contributed by atoms with Gasteiger partial charge in [-0.2, -0.15) is 0 Å². The van der Waals surface area contributed by atoms with E-state index in [9.17, 15) is 14.7 Å². The molecule has 0 atom stereocenters. The molecule has 0 unspecified atom stereocenters. The molecule has 0 aliphatic heterocycles. The van der Waals surface area contributed by atoms with Crippen molar-refractivity contribution in [3.8, 4) is 11.3 Å². The van der Waals surface area contributed by atoms with Gasteiger partial charge in [0.05, 0.1) is 22.5 Å². The fraction of sp³-hybridized carbons (Fsp3) is 0.292. The van der Waals surface area contributed by atoms with Crippen molar-refractivity contribution in [1.29, 1.82) is 0 Å². The highest BCUT2D eigenvalue weighted by Crippen LogP contribution is 2.34. The van der Waals surface area contributed by atoms with Gasteiger partial charge in [0.2, 0.25) is 0 Å². The van der Waals surface area contributed by atoms with E-state index in [0.29, 0.717) is 22.9 Å². The molecule has 30 heavy (non-hydrogen) atoms. The number of aromatic nitrogens is 1. The smallest absolute Gasteiger partial charge is 0.338 e. The summed E-state index contributed by atoms with van der Waals surface area (Å²) < 4.78 is 5.73. The van der Waals surface area contributed by atoms with Gasteiger partial charge in [-0.1, -0.05) is 32.0 Å². The maximum atomic E-state index is 13.5. The molecule has 3 rings (SSSR count). The standard InChI is InChI=1S/C24H26N2O4/c1-6-16-9-8-10-17(7-2)22(16)26-23(27)19-14(4)25-15(5)20(24(28)29)21(19)18-12-11-13(3)30-18/h8-12H,6-7H2,1-5H3,(H,26,27)(H,28,29). The number of carboxylic acid groups (broad SMARTS) is 1. The number of nitrogens with zero attached hydrogens (tertiary/aromatic N) is 1. The van der Waals surface area contributed by atoms with Crippen LogP contribution in [0.2, 0.25) is 0 Å². The highest BCUT2D eigenvalue weighted by molar-refractivity contribution is 6.13. The van der Waals surface area contributed by atoms with Crippen LogP contribution in [0.15, 0.2) is 34.7 Å². The van der Waals surface area contributed by atoms with Gasteiger partial charge in [-0.25, -0.2) is 4.79 Å². The molecule has 3 aromatic rings. The molecule has 6 heteroatoms. The van der Waals surface area contributed by atoms with Crippen molar-refractivity contribution in [3.05, 3.63) is 69.7 Å². The van der Waals surface area contributed by atoms with Crippen LogP contribution in [0, 0.1) is 20.8 Å². The first-order chi connectivity index (χ1) is 14.3. The monoisotopic (exact) mass is 406 g/mol. The highest BCUT2D eigenvalue weighted by atomic mass is 16.4. The Bertz CT molecular complexity index is 1110. The fourth-order valence-corrected chi connectivity index (χ4v) is 3.78. The predicted octanol–water partition coefficient (Wildman–Crippen LogP) is 5.34. The SMILES string of the molecule is CCc1cccc(CC)c1NC(=O)c1c(C)nc(C)c(C(=O)O)c1-c1ccc(C)o1. The number of nitrogens with one attached hydrogen (secondary N) is 1. The van der Waals surface area contributed by atoms with Gasteiger partial charge in [-0.05, 0) is 56.9 Å². The average molecular weight is 406 g/mol. The second-order valence-corrected chi connectivity index (χ2v) is 7.24. The summed E-state index contributed by atoms with van der Waals surface area (Å²) in [6.07, 6.45) is 1.53. The lowest BCUT2D eigenvalue weighted by atomic mass is 9.95. The third kappa shape index (κ3) is 3.85. The van der Waals surface area contributed by atoms with Crippen LogP contribution in [0.25, 0.3) is 11.3 Å². The van der Waals surface area contributed by atoms with E-state index < -0.39 is 11.9 Å². The van der Waals surface area contributed by atoms with Crippen LogP contribution < -0.4 is 5.32 Å². The van der Waals surface area contributed by atoms with Crippen LogP contribution in [0.1, 0.15) is 62.8 Å². The summed E-state index contributed by atoms with van der Waals surface area (Å²) in [4.78, 5) is 29.9. The molecule has 0 radical (unpaired) electrons. The molecule has 0 saturated carbocycles. The van der Waals surface area contributed by atoms with Crippen molar-refractivity contribution >= 4 is 17.6 Å². The van der Waals surface area contributed by atoms with Crippen LogP contribution in [0.3, 0.4) is 0 Å². The van der Waals surface area contributed by atoms with Crippen molar-refractivity contribution in [1.82, 2.24) is 4.98 Å². The van der Waals surface area contributed by atoms with E-state index in [0.717, 1.165) is 29.7 Å². The Labute approximate surface area is 176 Å². The summed E-state index contributed by atoms with van der Waals surface area (Å²) in [5.74, 6) is -0.587. The minimum absolute atomic E-state index is 0.0282. The topological polar surface area (TPSA) is 92.4 Å². The molecule has 1 amide bonds. The lowest BCUT2D eigenvalue weighted by Crippen LogP contribution is -2.20. The normalized spacial score (nSPS) is 10.8. The summed E-state index contributed by atoms with van der Waals surface area (Å²) in [6.45, 7) is 9.17. The maximum Gasteiger partial charge on any atom is 0.338 e. The van der Waals surface area contributed by atoms with Crippen molar-refractivity contribution in [2.45, 2.75) is 47.5 Å². The number of benzene rings is 1. The number of carboxylic acids is 1. The van der Waals surface area contributed by atoms with Gasteiger partial charge in [0.25, 0.3) is 5.91 Å². The Hall–Kier alpha value is -3.41. The predicted molar refractivity (Wildman–Crippen MR) is 116 cm³/mol. The van der Waals surface area contributed by atoms with E-state index in [2.05, 4.69) is 10.3 Å². The number of carbonyl (C=O) groups is 2. The van der Waals surface area contributed by atoms with E-state index in [1.165, 1.54) is 0 Å². The summed E-state index contributed by atoms with van der Waals surface area (Å²) in [7, 11) is 0. The molecule has 0 spiro atoms. The van der Waals surface area contributed by atoms with Crippen molar-refractivity contribution in [3.63, 3.8) is 0 Å². The Morgan fingerprint density at radius 1 is 0.967 bits per heavy atom. The molecular formula is C24H26N2O4. The van der Waals surface area contributed by atoms with Crippen LogP contribution >= 0.6 is 0 Å². The lowest BCUT2D eigenvalue weighted by Gasteiger charge is -2.18. The van der Waals surface area contributed by atoms with Crippen LogP contribution in [0.4, 0.5) is 5.69 Å². The van der Waals surface area contributed by atoms with Gasteiger partial charge in [-0.3, -0.25) is 9.78 Å². The van der Waals surface area contributed by atoms with E-state index in [1.807, 2.05) is 32.0 Å². The average Bonchev–Trinajstić information content (AvgIpc) is 3.13. The minimum Gasteiger partial charge on any atom is -0.478 e. The highest BCUT2D eigenvalue weighted by Gasteiger charge is 2.28. The fourth-order valence-electron chi connectivity index (χ4n) is 3.78. The molecule has 0 aliphatic rings. The van der Waals surface area contributed by atoms with Gasteiger partial charge in [-0.15, -0.1) is 0 Å². The third-order valence-electron chi connectivity index (χ3n) is 5.22. The second kappa shape index (κ2) is 8.53. The molecule has 2 N–H and O–H groups in total. The van der Waals surface area contributed by atoms with E-state index in [1.54, 1.807) is 32.9 Å². The minimum atomic E-state index is -1.15. The van der Waals surface area contributed by atoms with E-state index >= 15 is 0 Å². The first kappa shape index (κ1) is 21.3. The number of carbonyl (C=O) groups excluding carboxylic acids is 1. The third-order valence-corrected chi connectivity index (χ3v) is 5.22. The Morgan fingerprint density at radius 3 is 2.07 bits per heavy atom. The van der Waals surface area contributed by atoms with Crippen molar-refractivity contribution < 1.29 is 19.1 Å². The number of pyridine rings is 1. The van der Waals surface area contributed by atoms with Gasteiger partial charge in [0.1, 0.15) is 11.5 Å². The molecule has 156 valence electrons. The number of aryl methyl sites for hydroxylation is 5. The largest absolute Gasteiger partial charge is 0.478 e. The molecule has 0 bridgehead atoms. The Balaban J connectivity index is 2.23. The molecule has 0 fully saturated rings. The number of anilines is 1. The number of hydrogen-bond acceptors (Lipinski definition) is 4. The zero-order chi connectivity index (χ0) is 22.0. The molecule has 1 aromatic carbocycles. The van der Waals surface area contributed by atoms with Gasteiger partial charge >= 0.3 is 5.97 Å². The first-order valence-electron chi connectivity index (χ1n) is 10.0. The summed E-state index contributed by atoms with van der Waals surface area (Å²) in [6, 6.07) is 9.37. The zero-order valence-electron chi connectivity index (χ0n) is 17.9. The second-order valence-electron chi connectivity index (χ2n) is 7.24. The molecule has 0 aliphatic carbocycles. The number of rotatable bonds is 6. The molecular weight excluding hydrogens is 380 g/mol. The van der Waals surface area contributed by atoms with Gasteiger partial charge in [0.15, 0.2) is 0 Å². The maximum absolute atomic E-state index is 13.5. The quantitative estimate of drug-likeness (QED) is 0.576. The summed E-state index contributed by atoms with van der Waals surface area (Å²) in [5.41, 5.74) is 4.04. The zero-order valence-corrected chi connectivity index (χ0v) is 17.9. The van der Waals surface area contributed by atoms with Gasteiger partial charge in [0, 0.05) is 11.3 Å².